The maximum absolute atomic E-state index is 13.1. The van der Waals surface area contributed by atoms with E-state index in [1.807, 2.05) is 0 Å². The topological polar surface area (TPSA) is 32.3 Å². The molecule has 0 aromatic heterocycles. The predicted octanol–water partition coefficient (Wildman–Crippen LogP) is 2.53. The number of carbonyl (C=O) groups is 1. The fraction of sp³-hybridized carbons (Fsp3) is 0.462. The third kappa shape index (κ3) is 4.19. The summed E-state index contributed by atoms with van der Waals surface area (Å²) in [6.07, 6.45) is -4.14. The smallest absolute Gasteiger partial charge is 0.342 e. The first-order valence-electron chi connectivity index (χ1n) is 6.04. The molecule has 3 nitrogen and oxygen atoms in total. The summed E-state index contributed by atoms with van der Waals surface area (Å²) in [6, 6.07) is 2.27. The van der Waals surface area contributed by atoms with Crippen LogP contribution in [0.5, 0.6) is 0 Å². The highest BCUT2D eigenvalue weighted by Crippen LogP contribution is 2.32. The Bertz CT molecular complexity index is 474. The molecule has 20 heavy (non-hydrogen) atoms. The zero-order valence-electron chi connectivity index (χ0n) is 11.2. The minimum absolute atomic E-state index is 0.175. The number of amides is 1. The Kier molecular flexibility index (Phi) is 5.50. The molecule has 1 rings (SSSR count). The molecular weight excluding hydrogens is 276 g/mol. The van der Waals surface area contributed by atoms with Gasteiger partial charge in [0, 0.05) is 19.2 Å². The standard InChI is InChI=1S/C13H16F4N2O/c1-18-6-3-7-19(2)12(20)9-4-5-11(14)10(8-9)13(15,16)17/h4-5,8,18H,3,6-7H2,1-2H3. The van der Waals surface area contributed by atoms with Crippen molar-refractivity contribution in [2.45, 2.75) is 12.6 Å². The van der Waals surface area contributed by atoms with Gasteiger partial charge in [-0.1, -0.05) is 0 Å². The van der Waals surface area contributed by atoms with Crippen LogP contribution >= 0.6 is 0 Å². The number of halogens is 4. The molecule has 1 aromatic carbocycles. The van der Waals surface area contributed by atoms with Gasteiger partial charge in [0.1, 0.15) is 5.82 Å². The lowest BCUT2D eigenvalue weighted by atomic mass is 10.1. The fourth-order valence-electron chi connectivity index (χ4n) is 1.69. The average Bonchev–Trinajstić information content (AvgIpc) is 2.37. The molecule has 1 aromatic rings. The number of hydrogen-bond acceptors (Lipinski definition) is 2. The van der Waals surface area contributed by atoms with Gasteiger partial charge >= 0.3 is 6.18 Å². The molecular formula is C13H16F4N2O. The number of alkyl halides is 3. The SMILES string of the molecule is CNCCCN(C)C(=O)c1ccc(F)c(C(F)(F)F)c1. The van der Waals surface area contributed by atoms with Crippen LogP contribution in [0.3, 0.4) is 0 Å². The molecule has 0 aliphatic carbocycles. The van der Waals surface area contributed by atoms with E-state index in [4.69, 9.17) is 0 Å². The number of benzene rings is 1. The lowest BCUT2D eigenvalue weighted by Crippen LogP contribution is -2.29. The van der Waals surface area contributed by atoms with Crippen molar-refractivity contribution in [3.63, 3.8) is 0 Å². The molecule has 0 saturated heterocycles. The number of hydrogen-bond donors (Lipinski definition) is 1. The minimum atomic E-state index is -4.81. The molecule has 0 radical (unpaired) electrons. The molecule has 0 atom stereocenters. The average molecular weight is 292 g/mol. The maximum atomic E-state index is 13.1. The van der Waals surface area contributed by atoms with Crippen LogP contribution in [0.15, 0.2) is 18.2 Å². The number of nitrogens with zero attached hydrogens (tertiary/aromatic N) is 1. The van der Waals surface area contributed by atoms with Gasteiger partial charge in [-0.25, -0.2) is 4.39 Å². The highest BCUT2D eigenvalue weighted by Gasteiger charge is 2.34. The monoisotopic (exact) mass is 292 g/mol. The van der Waals surface area contributed by atoms with Crippen LogP contribution < -0.4 is 5.32 Å². The second-order valence-corrected chi connectivity index (χ2v) is 4.38. The zero-order chi connectivity index (χ0) is 15.3. The Morgan fingerprint density at radius 1 is 1.35 bits per heavy atom. The largest absolute Gasteiger partial charge is 0.419 e. The lowest BCUT2D eigenvalue weighted by Gasteiger charge is -2.18. The molecule has 112 valence electrons. The first-order chi connectivity index (χ1) is 9.27. The molecule has 0 spiro atoms. The van der Waals surface area contributed by atoms with E-state index in [-0.39, 0.29) is 5.56 Å². The van der Waals surface area contributed by atoms with Gasteiger partial charge in [-0.2, -0.15) is 13.2 Å². The van der Waals surface area contributed by atoms with Crippen molar-refractivity contribution >= 4 is 5.91 Å². The van der Waals surface area contributed by atoms with Gasteiger partial charge in [-0.3, -0.25) is 4.79 Å². The van der Waals surface area contributed by atoms with E-state index >= 15 is 0 Å². The van der Waals surface area contributed by atoms with Crippen LogP contribution in [0.1, 0.15) is 22.3 Å². The number of nitrogens with one attached hydrogen (secondary N) is 1. The summed E-state index contributed by atoms with van der Waals surface area (Å²) in [5.74, 6) is -1.95. The Morgan fingerprint density at radius 3 is 2.55 bits per heavy atom. The Balaban J connectivity index is 2.89. The number of rotatable bonds is 5. The van der Waals surface area contributed by atoms with Crippen LogP contribution in [0, 0.1) is 5.82 Å². The van der Waals surface area contributed by atoms with Crippen molar-refractivity contribution in [3.8, 4) is 0 Å². The van der Waals surface area contributed by atoms with Crippen molar-refractivity contribution in [1.82, 2.24) is 10.2 Å². The highest BCUT2D eigenvalue weighted by atomic mass is 19.4. The van der Waals surface area contributed by atoms with E-state index in [9.17, 15) is 22.4 Å². The van der Waals surface area contributed by atoms with Gasteiger partial charge in [-0.05, 0) is 38.2 Å². The molecule has 0 aliphatic rings. The second kappa shape index (κ2) is 6.69. The fourth-order valence-corrected chi connectivity index (χ4v) is 1.69. The van der Waals surface area contributed by atoms with E-state index in [0.29, 0.717) is 31.6 Å². The van der Waals surface area contributed by atoms with Gasteiger partial charge in [-0.15, -0.1) is 0 Å². The van der Waals surface area contributed by atoms with E-state index in [2.05, 4.69) is 5.32 Å². The second-order valence-electron chi connectivity index (χ2n) is 4.38. The molecule has 7 heteroatoms. The van der Waals surface area contributed by atoms with Gasteiger partial charge in [0.05, 0.1) is 5.56 Å². The molecule has 0 fully saturated rings. The van der Waals surface area contributed by atoms with E-state index in [0.717, 1.165) is 6.07 Å². The third-order valence-electron chi connectivity index (χ3n) is 2.79. The molecule has 0 heterocycles. The zero-order valence-corrected chi connectivity index (χ0v) is 11.2. The van der Waals surface area contributed by atoms with Crippen LogP contribution in [0.4, 0.5) is 17.6 Å². The van der Waals surface area contributed by atoms with Crippen LogP contribution in [-0.2, 0) is 6.18 Å². The van der Waals surface area contributed by atoms with Crippen molar-refractivity contribution in [2.24, 2.45) is 0 Å². The highest BCUT2D eigenvalue weighted by molar-refractivity contribution is 5.94. The Labute approximate surface area is 114 Å². The Hall–Kier alpha value is -1.63. The van der Waals surface area contributed by atoms with Gasteiger partial charge < -0.3 is 10.2 Å². The van der Waals surface area contributed by atoms with E-state index in [1.54, 1.807) is 7.05 Å². The van der Waals surface area contributed by atoms with Gasteiger partial charge in [0.2, 0.25) is 0 Å². The normalized spacial score (nSPS) is 11.5. The molecule has 0 bridgehead atoms. The molecule has 1 amide bonds. The molecule has 0 unspecified atom stereocenters. The molecule has 0 aliphatic heterocycles. The summed E-state index contributed by atoms with van der Waals surface area (Å²) < 4.78 is 50.8. The minimum Gasteiger partial charge on any atom is -0.342 e. The first-order valence-corrected chi connectivity index (χ1v) is 6.04. The summed E-state index contributed by atoms with van der Waals surface area (Å²) >= 11 is 0. The molecule has 0 saturated carbocycles. The van der Waals surface area contributed by atoms with E-state index < -0.39 is 23.5 Å². The summed E-state index contributed by atoms with van der Waals surface area (Å²) in [6.45, 7) is 1.09. The predicted molar refractivity (Wildman–Crippen MR) is 66.9 cm³/mol. The van der Waals surface area contributed by atoms with Crippen molar-refractivity contribution in [3.05, 3.63) is 35.1 Å². The van der Waals surface area contributed by atoms with Crippen molar-refractivity contribution < 1.29 is 22.4 Å². The van der Waals surface area contributed by atoms with Gasteiger partial charge in [0.25, 0.3) is 5.91 Å². The molecule has 1 N–H and O–H groups in total. The van der Waals surface area contributed by atoms with E-state index in [1.165, 1.54) is 11.9 Å². The summed E-state index contributed by atoms with van der Waals surface area (Å²) in [5.41, 5.74) is -1.60. The van der Waals surface area contributed by atoms with Crippen LogP contribution in [0.2, 0.25) is 0 Å². The summed E-state index contributed by atoms with van der Waals surface area (Å²) in [4.78, 5) is 13.3. The first kappa shape index (κ1) is 16.4. The Morgan fingerprint density at radius 2 is 2.00 bits per heavy atom. The van der Waals surface area contributed by atoms with Crippen LogP contribution in [-0.4, -0.2) is 38.0 Å². The number of carbonyl (C=O) groups excluding carboxylic acids is 1. The quantitative estimate of drug-likeness (QED) is 0.668. The van der Waals surface area contributed by atoms with Crippen molar-refractivity contribution in [1.29, 1.82) is 0 Å². The summed E-state index contributed by atoms with van der Waals surface area (Å²) in [5, 5.41) is 2.90. The lowest BCUT2D eigenvalue weighted by molar-refractivity contribution is -0.140. The van der Waals surface area contributed by atoms with Crippen molar-refractivity contribution in [2.75, 3.05) is 27.2 Å². The maximum Gasteiger partial charge on any atom is 0.419 e. The third-order valence-corrected chi connectivity index (χ3v) is 2.79. The summed E-state index contributed by atoms with van der Waals surface area (Å²) in [7, 11) is 3.26. The van der Waals surface area contributed by atoms with Crippen LogP contribution in [0.25, 0.3) is 0 Å². The van der Waals surface area contributed by atoms with Gasteiger partial charge in [0.15, 0.2) is 0 Å².